The van der Waals surface area contributed by atoms with Crippen molar-refractivity contribution in [2.24, 2.45) is 5.10 Å². The molecule has 0 bridgehead atoms. The minimum absolute atomic E-state index is 0.0721. The number of carbonyl (C=O) groups is 1. The quantitative estimate of drug-likeness (QED) is 0.586. The highest BCUT2D eigenvalue weighted by atomic mass is 35.5. The van der Waals surface area contributed by atoms with Gasteiger partial charge in [0.25, 0.3) is 0 Å². The molecule has 110 valence electrons. The van der Waals surface area contributed by atoms with Crippen molar-refractivity contribution in [3.05, 3.63) is 28.8 Å². The smallest absolute Gasteiger partial charge is 0.240 e. The predicted octanol–water partition coefficient (Wildman–Crippen LogP) is 3.77. The second-order valence-corrected chi connectivity index (χ2v) is 4.84. The molecule has 1 aromatic rings. The Kier molecular flexibility index (Phi) is 7.73. The third-order valence-corrected chi connectivity index (χ3v) is 2.87. The number of amides is 1. The lowest BCUT2D eigenvalue weighted by Crippen LogP contribution is -2.16. The van der Waals surface area contributed by atoms with E-state index < -0.39 is 0 Å². The topological polar surface area (TPSA) is 50.7 Å². The Bertz CT molecular complexity index is 461. The van der Waals surface area contributed by atoms with E-state index in [4.69, 9.17) is 16.3 Å². The van der Waals surface area contributed by atoms with Crippen LogP contribution >= 0.6 is 11.6 Å². The van der Waals surface area contributed by atoms with E-state index >= 15 is 0 Å². The van der Waals surface area contributed by atoms with Crippen molar-refractivity contribution in [1.29, 1.82) is 0 Å². The van der Waals surface area contributed by atoms with Gasteiger partial charge in [-0.3, -0.25) is 4.79 Å². The molecule has 0 aromatic heterocycles. The van der Waals surface area contributed by atoms with Crippen LogP contribution in [-0.2, 0) is 4.79 Å². The van der Waals surface area contributed by atoms with Crippen LogP contribution in [0.4, 0.5) is 0 Å². The molecule has 0 spiro atoms. The van der Waals surface area contributed by atoms with Crippen molar-refractivity contribution in [1.82, 2.24) is 5.43 Å². The molecule has 1 aromatic carbocycles. The number of rotatable bonds is 8. The van der Waals surface area contributed by atoms with Gasteiger partial charge in [0, 0.05) is 6.42 Å². The number of nitrogens with zero attached hydrogens (tertiary/aromatic N) is 1. The first kappa shape index (κ1) is 16.5. The van der Waals surface area contributed by atoms with Crippen LogP contribution in [0.25, 0.3) is 0 Å². The average Bonchev–Trinajstić information content (AvgIpc) is 2.44. The van der Waals surface area contributed by atoms with Crippen molar-refractivity contribution >= 4 is 23.7 Å². The van der Waals surface area contributed by atoms with E-state index in [9.17, 15) is 4.79 Å². The Balaban J connectivity index is 2.51. The van der Waals surface area contributed by atoms with Gasteiger partial charge in [-0.2, -0.15) is 5.10 Å². The summed E-state index contributed by atoms with van der Waals surface area (Å²) in [5.74, 6) is 0.592. The Morgan fingerprint density at radius 3 is 2.85 bits per heavy atom. The maximum absolute atomic E-state index is 11.4. The number of carbonyl (C=O) groups excluding carboxylic acids is 1. The molecule has 0 aliphatic rings. The summed E-state index contributed by atoms with van der Waals surface area (Å²) in [6.45, 7) is 4.72. The van der Waals surface area contributed by atoms with Crippen molar-refractivity contribution in [2.45, 2.75) is 39.5 Å². The van der Waals surface area contributed by atoms with Gasteiger partial charge in [0.2, 0.25) is 5.91 Å². The SMILES string of the molecule is CCCCC(=O)N/N=C/c1ccc(OCCC)c(Cl)c1. The summed E-state index contributed by atoms with van der Waals surface area (Å²) in [6, 6.07) is 5.41. The lowest BCUT2D eigenvalue weighted by atomic mass is 10.2. The maximum Gasteiger partial charge on any atom is 0.240 e. The highest BCUT2D eigenvalue weighted by Crippen LogP contribution is 2.24. The van der Waals surface area contributed by atoms with Crippen LogP contribution in [0.5, 0.6) is 5.75 Å². The molecule has 0 aliphatic carbocycles. The molecule has 1 N–H and O–H groups in total. The van der Waals surface area contributed by atoms with E-state index in [1.807, 2.05) is 19.9 Å². The summed E-state index contributed by atoms with van der Waals surface area (Å²) in [7, 11) is 0. The van der Waals surface area contributed by atoms with Gasteiger partial charge in [-0.15, -0.1) is 0 Å². The Morgan fingerprint density at radius 2 is 2.20 bits per heavy atom. The maximum atomic E-state index is 11.4. The summed E-state index contributed by atoms with van der Waals surface area (Å²) >= 11 is 6.10. The summed E-state index contributed by atoms with van der Waals surface area (Å²) < 4.78 is 5.48. The summed E-state index contributed by atoms with van der Waals surface area (Å²) in [6.07, 6.45) is 4.86. The number of nitrogens with one attached hydrogen (secondary N) is 1. The van der Waals surface area contributed by atoms with Crippen molar-refractivity contribution in [3.63, 3.8) is 0 Å². The lowest BCUT2D eigenvalue weighted by Gasteiger charge is -2.06. The summed E-state index contributed by atoms with van der Waals surface area (Å²) in [4.78, 5) is 11.4. The van der Waals surface area contributed by atoms with Crippen LogP contribution in [-0.4, -0.2) is 18.7 Å². The molecule has 0 unspecified atom stereocenters. The molecule has 0 fully saturated rings. The minimum Gasteiger partial charge on any atom is -0.492 e. The molecular formula is C15H21ClN2O2. The first-order chi connectivity index (χ1) is 9.67. The van der Waals surface area contributed by atoms with Gasteiger partial charge in [-0.1, -0.05) is 31.9 Å². The standard InChI is InChI=1S/C15H21ClN2O2/c1-3-5-6-15(19)18-17-11-12-7-8-14(13(16)10-12)20-9-4-2/h7-8,10-11H,3-6,9H2,1-2H3,(H,18,19)/b17-11+. The van der Waals surface area contributed by atoms with Gasteiger partial charge < -0.3 is 4.74 Å². The van der Waals surface area contributed by atoms with Gasteiger partial charge in [-0.05, 0) is 36.6 Å². The summed E-state index contributed by atoms with van der Waals surface area (Å²) in [5.41, 5.74) is 3.30. The Morgan fingerprint density at radius 1 is 1.40 bits per heavy atom. The second-order valence-electron chi connectivity index (χ2n) is 4.44. The molecule has 1 amide bonds. The zero-order valence-electron chi connectivity index (χ0n) is 12.0. The minimum atomic E-state index is -0.0721. The molecule has 4 nitrogen and oxygen atoms in total. The number of ether oxygens (including phenoxy) is 1. The van der Waals surface area contributed by atoms with E-state index in [0.29, 0.717) is 23.8 Å². The van der Waals surface area contributed by atoms with E-state index in [0.717, 1.165) is 24.8 Å². The largest absolute Gasteiger partial charge is 0.492 e. The number of unbranched alkanes of at least 4 members (excludes halogenated alkanes) is 1. The Hall–Kier alpha value is -1.55. The normalized spacial score (nSPS) is 10.8. The first-order valence-corrected chi connectivity index (χ1v) is 7.29. The van der Waals surface area contributed by atoms with Crippen LogP contribution < -0.4 is 10.2 Å². The molecule has 0 saturated carbocycles. The number of hydrogen-bond acceptors (Lipinski definition) is 3. The van der Waals surface area contributed by atoms with Crippen LogP contribution in [0, 0.1) is 0 Å². The highest BCUT2D eigenvalue weighted by molar-refractivity contribution is 6.32. The number of hydrazone groups is 1. The van der Waals surface area contributed by atoms with E-state index in [-0.39, 0.29) is 5.91 Å². The molecule has 0 heterocycles. The van der Waals surface area contributed by atoms with Crippen LogP contribution in [0.2, 0.25) is 5.02 Å². The predicted molar refractivity (Wildman–Crippen MR) is 82.5 cm³/mol. The zero-order valence-corrected chi connectivity index (χ0v) is 12.7. The number of halogens is 1. The third kappa shape index (κ3) is 6.06. The molecule has 5 heteroatoms. The van der Waals surface area contributed by atoms with E-state index in [2.05, 4.69) is 10.5 Å². The molecule has 1 rings (SSSR count). The molecule has 0 radical (unpaired) electrons. The van der Waals surface area contributed by atoms with Crippen molar-refractivity contribution in [2.75, 3.05) is 6.61 Å². The highest BCUT2D eigenvalue weighted by Gasteiger charge is 2.02. The number of benzene rings is 1. The lowest BCUT2D eigenvalue weighted by molar-refractivity contribution is -0.121. The van der Waals surface area contributed by atoms with Crippen molar-refractivity contribution in [3.8, 4) is 5.75 Å². The second kappa shape index (κ2) is 9.37. The van der Waals surface area contributed by atoms with Crippen LogP contribution in [0.1, 0.15) is 45.1 Å². The molecule has 0 saturated heterocycles. The molecule has 20 heavy (non-hydrogen) atoms. The first-order valence-electron chi connectivity index (χ1n) is 6.91. The monoisotopic (exact) mass is 296 g/mol. The van der Waals surface area contributed by atoms with Gasteiger partial charge >= 0.3 is 0 Å². The fourth-order valence-electron chi connectivity index (χ4n) is 1.50. The van der Waals surface area contributed by atoms with E-state index in [1.165, 1.54) is 0 Å². The average molecular weight is 297 g/mol. The van der Waals surface area contributed by atoms with Gasteiger partial charge in [-0.25, -0.2) is 5.43 Å². The molecular weight excluding hydrogens is 276 g/mol. The van der Waals surface area contributed by atoms with Crippen molar-refractivity contribution < 1.29 is 9.53 Å². The third-order valence-electron chi connectivity index (χ3n) is 2.58. The molecule has 0 aliphatic heterocycles. The molecule has 0 atom stereocenters. The van der Waals surface area contributed by atoms with Gasteiger partial charge in [0.05, 0.1) is 17.8 Å². The van der Waals surface area contributed by atoms with Crippen LogP contribution in [0.3, 0.4) is 0 Å². The number of hydrogen-bond donors (Lipinski definition) is 1. The fraction of sp³-hybridized carbons (Fsp3) is 0.467. The Labute approximate surface area is 125 Å². The summed E-state index contributed by atoms with van der Waals surface area (Å²) in [5, 5.41) is 4.44. The fourth-order valence-corrected chi connectivity index (χ4v) is 1.74. The van der Waals surface area contributed by atoms with Gasteiger partial charge in [0.1, 0.15) is 5.75 Å². The van der Waals surface area contributed by atoms with E-state index in [1.54, 1.807) is 18.3 Å². The van der Waals surface area contributed by atoms with Gasteiger partial charge in [0.15, 0.2) is 0 Å². The zero-order chi connectivity index (χ0) is 14.8. The van der Waals surface area contributed by atoms with Crippen LogP contribution in [0.15, 0.2) is 23.3 Å².